The van der Waals surface area contributed by atoms with Gasteiger partial charge >= 0.3 is 0 Å². The van der Waals surface area contributed by atoms with Crippen molar-refractivity contribution in [3.05, 3.63) is 18.5 Å². The summed E-state index contributed by atoms with van der Waals surface area (Å²) in [5, 5.41) is 3.30. The Hall–Kier alpha value is -1.25. The molecule has 0 unspecified atom stereocenters. The summed E-state index contributed by atoms with van der Waals surface area (Å²) in [6, 6.07) is 2.01. The van der Waals surface area contributed by atoms with Crippen LogP contribution in [0.25, 0.3) is 0 Å². The fourth-order valence-electron chi connectivity index (χ4n) is 1.55. The van der Waals surface area contributed by atoms with Gasteiger partial charge in [0.25, 0.3) is 0 Å². The number of hydrogen-bond acceptors (Lipinski definition) is 3. The summed E-state index contributed by atoms with van der Waals surface area (Å²) in [5.74, 6) is 1.60. The molecule has 0 aliphatic rings. The first-order valence-corrected chi connectivity index (χ1v) is 6.54. The number of nitrogens with one attached hydrogen (secondary N) is 1. The Balaban J connectivity index is 2.32. The second-order valence-corrected chi connectivity index (χ2v) is 4.72. The first-order chi connectivity index (χ1) is 8.22. The maximum Gasteiger partial charge on any atom is 0.139 e. The molecule has 0 spiro atoms. The normalized spacial score (nSPS) is 10.6. The molecule has 1 rings (SSSR count). The number of hydrogen-bond donors (Lipinski definition) is 1. The first-order valence-electron chi connectivity index (χ1n) is 6.54. The largest absolute Gasteiger partial charge is 0.492 e. The van der Waals surface area contributed by atoms with Crippen molar-refractivity contribution in [2.75, 3.05) is 18.5 Å². The SMILES string of the molecule is CCCNc1cncc(OCCCC(C)C)c1. The summed E-state index contributed by atoms with van der Waals surface area (Å²) >= 11 is 0. The van der Waals surface area contributed by atoms with Gasteiger partial charge in [-0.25, -0.2) is 0 Å². The highest BCUT2D eigenvalue weighted by Gasteiger charge is 1.98. The smallest absolute Gasteiger partial charge is 0.139 e. The van der Waals surface area contributed by atoms with E-state index in [0.717, 1.165) is 43.3 Å². The lowest BCUT2D eigenvalue weighted by Crippen LogP contribution is -2.02. The molecule has 0 saturated heterocycles. The van der Waals surface area contributed by atoms with E-state index in [-0.39, 0.29) is 0 Å². The highest BCUT2D eigenvalue weighted by atomic mass is 16.5. The monoisotopic (exact) mass is 236 g/mol. The molecule has 0 atom stereocenters. The predicted octanol–water partition coefficient (Wildman–Crippen LogP) is 3.72. The van der Waals surface area contributed by atoms with Gasteiger partial charge in [0, 0.05) is 12.6 Å². The van der Waals surface area contributed by atoms with Crippen molar-refractivity contribution in [3.8, 4) is 5.75 Å². The van der Waals surface area contributed by atoms with E-state index >= 15 is 0 Å². The van der Waals surface area contributed by atoms with Crippen LogP contribution in [0.4, 0.5) is 5.69 Å². The average Bonchev–Trinajstić information content (AvgIpc) is 2.32. The Morgan fingerprint density at radius 3 is 2.88 bits per heavy atom. The van der Waals surface area contributed by atoms with Gasteiger partial charge in [0.15, 0.2) is 0 Å². The van der Waals surface area contributed by atoms with Crippen LogP contribution in [0, 0.1) is 5.92 Å². The zero-order valence-corrected chi connectivity index (χ0v) is 11.2. The number of ether oxygens (including phenoxy) is 1. The van der Waals surface area contributed by atoms with Gasteiger partial charge in [-0.2, -0.15) is 0 Å². The third-order valence-corrected chi connectivity index (χ3v) is 2.49. The van der Waals surface area contributed by atoms with Crippen LogP contribution in [0.2, 0.25) is 0 Å². The van der Waals surface area contributed by atoms with Gasteiger partial charge in [-0.3, -0.25) is 4.98 Å². The Labute approximate surface area is 105 Å². The molecule has 0 amide bonds. The summed E-state index contributed by atoms with van der Waals surface area (Å²) in [6.07, 6.45) is 7.02. The fraction of sp³-hybridized carbons (Fsp3) is 0.643. The van der Waals surface area contributed by atoms with Crippen LogP contribution in [0.1, 0.15) is 40.0 Å². The van der Waals surface area contributed by atoms with Crippen molar-refractivity contribution in [1.82, 2.24) is 4.98 Å². The maximum atomic E-state index is 5.67. The van der Waals surface area contributed by atoms with Gasteiger partial charge in [0.1, 0.15) is 5.75 Å². The van der Waals surface area contributed by atoms with Gasteiger partial charge in [0.05, 0.1) is 24.7 Å². The minimum absolute atomic E-state index is 0.745. The van der Waals surface area contributed by atoms with E-state index in [2.05, 4.69) is 31.1 Å². The topological polar surface area (TPSA) is 34.2 Å². The second-order valence-electron chi connectivity index (χ2n) is 4.72. The molecule has 0 radical (unpaired) electrons. The van der Waals surface area contributed by atoms with Gasteiger partial charge in [-0.1, -0.05) is 20.8 Å². The Morgan fingerprint density at radius 2 is 2.18 bits per heavy atom. The van der Waals surface area contributed by atoms with Crippen LogP contribution in [0.3, 0.4) is 0 Å². The van der Waals surface area contributed by atoms with E-state index in [1.165, 1.54) is 6.42 Å². The molecule has 1 aromatic heterocycles. The van der Waals surface area contributed by atoms with Gasteiger partial charge in [-0.15, -0.1) is 0 Å². The molecule has 0 fully saturated rings. The molecule has 3 heteroatoms. The summed E-state index contributed by atoms with van der Waals surface area (Å²) in [5.41, 5.74) is 1.04. The third-order valence-electron chi connectivity index (χ3n) is 2.49. The molecule has 0 bridgehead atoms. The summed E-state index contributed by atoms with van der Waals surface area (Å²) in [4.78, 5) is 4.16. The highest BCUT2D eigenvalue weighted by Crippen LogP contribution is 2.16. The Kier molecular flexibility index (Phi) is 6.45. The fourth-order valence-corrected chi connectivity index (χ4v) is 1.55. The first kappa shape index (κ1) is 13.8. The molecule has 1 aromatic rings. The van der Waals surface area contributed by atoms with Gasteiger partial charge < -0.3 is 10.1 Å². The molecule has 0 aliphatic heterocycles. The van der Waals surface area contributed by atoms with Crippen LogP contribution in [0.5, 0.6) is 5.75 Å². The molecule has 96 valence electrons. The van der Waals surface area contributed by atoms with Crippen LogP contribution in [-0.2, 0) is 0 Å². The van der Waals surface area contributed by atoms with E-state index in [4.69, 9.17) is 4.74 Å². The summed E-state index contributed by atoms with van der Waals surface area (Å²) in [6.45, 7) is 8.36. The molecule has 1 heterocycles. The zero-order valence-electron chi connectivity index (χ0n) is 11.2. The van der Waals surface area contributed by atoms with Gasteiger partial charge in [0.2, 0.25) is 0 Å². The third kappa shape index (κ3) is 6.15. The number of nitrogens with zero attached hydrogens (tertiary/aromatic N) is 1. The number of pyridine rings is 1. The van der Waals surface area contributed by atoms with Crippen LogP contribution in [0.15, 0.2) is 18.5 Å². The molecule has 1 N–H and O–H groups in total. The van der Waals surface area contributed by atoms with Crippen molar-refractivity contribution < 1.29 is 4.74 Å². The second kappa shape index (κ2) is 7.93. The zero-order chi connectivity index (χ0) is 12.5. The van der Waals surface area contributed by atoms with E-state index in [1.807, 2.05) is 12.3 Å². The molecule has 17 heavy (non-hydrogen) atoms. The predicted molar refractivity (Wildman–Crippen MR) is 72.6 cm³/mol. The van der Waals surface area contributed by atoms with Crippen molar-refractivity contribution >= 4 is 5.69 Å². The lowest BCUT2D eigenvalue weighted by molar-refractivity contribution is 0.297. The Bertz CT molecular complexity index is 313. The van der Waals surface area contributed by atoms with Gasteiger partial charge in [-0.05, 0) is 25.2 Å². The highest BCUT2D eigenvalue weighted by molar-refractivity contribution is 5.44. The van der Waals surface area contributed by atoms with E-state index in [0.29, 0.717) is 0 Å². The lowest BCUT2D eigenvalue weighted by atomic mass is 10.1. The van der Waals surface area contributed by atoms with Crippen LogP contribution >= 0.6 is 0 Å². The molecule has 0 aromatic carbocycles. The quantitative estimate of drug-likeness (QED) is 0.698. The van der Waals surface area contributed by atoms with Crippen LogP contribution < -0.4 is 10.1 Å². The molecule has 3 nitrogen and oxygen atoms in total. The van der Waals surface area contributed by atoms with Crippen molar-refractivity contribution in [1.29, 1.82) is 0 Å². The lowest BCUT2D eigenvalue weighted by Gasteiger charge is -2.09. The minimum Gasteiger partial charge on any atom is -0.492 e. The minimum atomic E-state index is 0.745. The summed E-state index contributed by atoms with van der Waals surface area (Å²) < 4.78 is 5.67. The molecular weight excluding hydrogens is 212 g/mol. The maximum absolute atomic E-state index is 5.67. The molecule has 0 aliphatic carbocycles. The number of anilines is 1. The van der Waals surface area contributed by atoms with Crippen molar-refractivity contribution in [3.63, 3.8) is 0 Å². The molecular formula is C14H24N2O. The average molecular weight is 236 g/mol. The standard InChI is InChI=1S/C14H24N2O/c1-4-7-16-13-9-14(11-15-10-13)17-8-5-6-12(2)3/h9-12,16H,4-8H2,1-3H3. The number of rotatable bonds is 8. The summed E-state index contributed by atoms with van der Waals surface area (Å²) in [7, 11) is 0. The van der Waals surface area contributed by atoms with E-state index in [9.17, 15) is 0 Å². The van der Waals surface area contributed by atoms with Crippen molar-refractivity contribution in [2.24, 2.45) is 5.92 Å². The molecule has 0 saturated carbocycles. The van der Waals surface area contributed by atoms with Crippen molar-refractivity contribution in [2.45, 2.75) is 40.0 Å². The van der Waals surface area contributed by atoms with Crippen LogP contribution in [-0.4, -0.2) is 18.1 Å². The van der Waals surface area contributed by atoms with E-state index in [1.54, 1.807) is 6.20 Å². The van der Waals surface area contributed by atoms with E-state index < -0.39 is 0 Å². The Morgan fingerprint density at radius 1 is 1.35 bits per heavy atom. The number of aromatic nitrogens is 1.